The number of pyridine rings is 2. The summed E-state index contributed by atoms with van der Waals surface area (Å²) < 4.78 is 39.5. The zero-order chi connectivity index (χ0) is 22.0. The number of rotatable bonds is 4. The van der Waals surface area contributed by atoms with Crippen LogP contribution in [0.2, 0.25) is 0 Å². The molecular weight excluding hydrogens is 422 g/mol. The molecule has 2 aromatic heterocycles. The van der Waals surface area contributed by atoms with Gasteiger partial charge in [0.15, 0.2) is 10.5 Å². The van der Waals surface area contributed by atoms with Crippen molar-refractivity contribution >= 4 is 39.6 Å². The molecule has 0 spiro atoms. The Hall–Kier alpha value is -2.78. The number of carbonyl (C=O) groups excluding carboxylic acids is 1. The molecule has 1 N–H and O–H groups in total. The van der Waals surface area contributed by atoms with Crippen LogP contribution in [0.4, 0.5) is 20.3 Å². The van der Waals surface area contributed by atoms with Crippen LogP contribution in [-0.2, 0) is 11.2 Å². The second-order valence-corrected chi connectivity index (χ2v) is 8.92. The highest BCUT2D eigenvalue weighted by Gasteiger charge is 2.33. The van der Waals surface area contributed by atoms with Gasteiger partial charge in [0, 0.05) is 49.3 Å². The van der Waals surface area contributed by atoms with E-state index in [2.05, 4.69) is 15.3 Å². The Bertz CT molecular complexity index is 1110. The highest BCUT2D eigenvalue weighted by Crippen LogP contribution is 2.32. The number of alkyl halides is 2. The topological polar surface area (TPSA) is 81.2 Å². The highest BCUT2D eigenvalue weighted by atomic mass is 32.2. The average Bonchev–Trinajstić information content (AvgIpc) is 2.93. The Labute approximate surface area is 181 Å². The number of carbonyl (C=O) groups is 1. The lowest BCUT2D eigenvalue weighted by atomic mass is 10.1. The normalized spacial score (nSPS) is 17.2. The van der Waals surface area contributed by atoms with Gasteiger partial charge in [0.25, 0.3) is 5.91 Å². The first-order valence-electron chi connectivity index (χ1n) is 9.96. The number of halogens is 2. The van der Waals surface area contributed by atoms with Crippen LogP contribution >= 0.6 is 0 Å². The molecule has 0 bridgehead atoms. The fraction of sp³-hybridized carbons (Fsp3) is 0.318. The minimum absolute atomic E-state index is 0.100. The number of anilines is 2. The molecule has 1 aliphatic rings. The standard InChI is InChI=1S/C22H22F2N4O2S/c1-31(30)17-7-2-6-16(14-17)26-21(29)18-13-15-5-3-10-25-19(15)27-20(18)28-11-4-8-22(23,24)9-12-28/h2-3,5-7,10,13-14H,4,8-9,11-12H2,1H3,(H,26,29). The molecule has 31 heavy (non-hydrogen) atoms. The van der Waals surface area contributed by atoms with Crippen LogP contribution in [-0.4, -0.2) is 45.7 Å². The maximum Gasteiger partial charge on any atom is 0.259 e. The molecule has 9 heteroatoms. The van der Waals surface area contributed by atoms with Crippen molar-refractivity contribution in [3.8, 4) is 0 Å². The Morgan fingerprint density at radius 1 is 1.19 bits per heavy atom. The van der Waals surface area contributed by atoms with Gasteiger partial charge in [-0.25, -0.2) is 18.7 Å². The predicted octanol–water partition coefficient (Wildman–Crippen LogP) is 4.25. The Morgan fingerprint density at radius 2 is 2.03 bits per heavy atom. The molecule has 3 aromatic rings. The van der Waals surface area contributed by atoms with E-state index in [9.17, 15) is 18.1 Å². The third-order valence-electron chi connectivity index (χ3n) is 5.26. The average molecular weight is 445 g/mol. The molecule has 1 amide bonds. The summed E-state index contributed by atoms with van der Waals surface area (Å²) in [6, 6.07) is 12.0. The fourth-order valence-corrected chi connectivity index (χ4v) is 4.19. The molecule has 1 unspecified atom stereocenters. The first-order chi connectivity index (χ1) is 14.8. The summed E-state index contributed by atoms with van der Waals surface area (Å²) >= 11 is -1.19. The van der Waals surface area contributed by atoms with Gasteiger partial charge >= 0.3 is 0 Å². The monoisotopic (exact) mass is 444 g/mol. The smallest absolute Gasteiger partial charge is 0.259 e. The minimum Gasteiger partial charge on any atom is -0.612 e. The number of aromatic nitrogens is 2. The number of benzene rings is 1. The zero-order valence-corrected chi connectivity index (χ0v) is 17.8. The molecule has 1 fully saturated rings. The van der Waals surface area contributed by atoms with Crippen molar-refractivity contribution in [3.05, 3.63) is 54.2 Å². The lowest BCUT2D eigenvalue weighted by molar-refractivity contribution is -0.0102. The molecule has 1 aliphatic heterocycles. The third-order valence-corrected chi connectivity index (χ3v) is 6.17. The Morgan fingerprint density at radius 3 is 2.84 bits per heavy atom. The summed E-state index contributed by atoms with van der Waals surface area (Å²) in [5.74, 6) is -2.79. The van der Waals surface area contributed by atoms with Crippen LogP contribution in [0.25, 0.3) is 11.0 Å². The van der Waals surface area contributed by atoms with Gasteiger partial charge in [-0.2, -0.15) is 0 Å². The van der Waals surface area contributed by atoms with Gasteiger partial charge in [-0.05, 0) is 47.9 Å². The van der Waals surface area contributed by atoms with Gasteiger partial charge in [0.2, 0.25) is 5.92 Å². The third kappa shape index (κ3) is 4.94. The first kappa shape index (κ1) is 21.5. The molecule has 1 aromatic carbocycles. The molecular formula is C22H22F2N4O2S. The molecule has 0 saturated carbocycles. The van der Waals surface area contributed by atoms with Gasteiger partial charge in [-0.3, -0.25) is 4.79 Å². The number of hydrogen-bond acceptors (Lipinski definition) is 5. The van der Waals surface area contributed by atoms with Crippen LogP contribution in [0.15, 0.2) is 53.6 Å². The van der Waals surface area contributed by atoms with E-state index in [4.69, 9.17) is 0 Å². The van der Waals surface area contributed by atoms with Crippen LogP contribution in [0.5, 0.6) is 0 Å². The largest absolute Gasteiger partial charge is 0.612 e. The van der Waals surface area contributed by atoms with Crippen molar-refractivity contribution in [2.45, 2.75) is 30.1 Å². The quantitative estimate of drug-likeness (QED) is 0.609. The van der Waals surface area contributed by atoms with E-state index in [0.29, 0.717) is 40.4 Å². The van der Waals surface area contributed by atoms with Crippen LogP contribution in [0.3, 0.4) is 0 Å². The number of hydrogen-bond donors (Lipinski definition) is 1. The van der Waals surface area contributed by atoms with Crippen molar-refractivity contribution in [2.75, 3.05) is 29.6 Å². The highest BCUT2D eigenvalue weighted by molar-refractivity contribution is 7.90. The molecule has 4 rings (SSSR count). The summed E-state index contributed by atoms with van der Waals surface area (Å²) in [5.41, 5.74) is 1.24. The maximum atomic E-state index is 13.9. The molecule has 1 saturated heterocycles. The van der Waals surface area contributed by atoms with Gasteiger partial charge in [0.1, 0.15) is 12.1 Å². The molecule has 162 valence electrons. The van der Waals surface area contributed by atoms with E-state index in [1.807, 2.05) is 0 Å². The van der Waals surface area contributed by atoms with E-state index < -0.39 is 23.0 Å². The van der Waals surface area contributed by atoms with E-state index in [1.165, 1.54) is 0 Å². The van der Waals surface area contributed by atoms with Crippen molar-refractivity contribution in [3.63, 3.8) is 0 Å². The summed E-state index contributed by atoms with van der Waals surface area (Å²) in [7, 11) is 0. The van der Waals surface area contributed by atoms with Gasteiger partial charge < -0.3 is 14.8 Å². The van der Waals surface area contributed by atoms with Crippen LogP contribution in [0.1, 0.15) is 29.6 Å². The predicted molar refractivity (Wildman–Crippen MR) is 117 cm³/mol. The van der Waals surface area contributed by atoms with Crippen LogP contribution in [0, 0.1) is 0 Å². The second kappa shape index (κ2) is 8.76. The first-order valence-corrected chi connectivity index (χ1v) is 11.5. The molecule has 1 atom stereocenters. The van der Waals surface area contributed by atoms with E-state index in [0.717, 1.165) is 0 Å². The molecule has 6 nitrogen and oxygen atoms in total. The van der Waals surface area contributed by atoms with Gasteiger partial charge in [0.05, 0.1) is 5.56 Å². The van der Waals surface area contributed by atoms with Gasteiger partial charge in [-0.1, -0.05) is 6.07 Å². The fourth-order valence-electron chi connectivity index (χ4n) is 3.63. The number of amides is 1. The van der Waals surface area contributed by atoms with E-state index >= 15 is 0 Å². The van der Waals surface area contributed by atoms with E-state index in [1.54, 1.807) is 59.8 Å². The Balaban J connectivity index is 1.71. The van der Waals surface area contributed by atoms with Crippen molar-refractivity contribution < 1.29 is 18.1 Å². The molecule has 0 radical (unpaired) electrons. The SMILES string of the molecule is C[S+]([O-])c1cccc(NC(=O)c2cc3cccnc3nc2N2CCCC(F)(F)CC2)c1. The molecule has 3 heterocycles. The van der Waals surface area contributed by atoms with Gasteiger partial charge in [-0.15, -0.1) is 0 Å². The lowest BCUT2D eigenvalue weighted by Gasteiger charge is -2.24. The zero-order valence-electron chi connectivity index (χ0n) is 17.0. The summed E-state index contributed by atoms with van der Waals surface area (Å²) in [5, 5.41) is 3.50. The van der Waals surface area contributed by atoms with Crippen molar-refractivity contribution in [1.29, 1.82) is 0 Å². The summed E-state index contributed by atoms with van der Waals surface area (Å²) in [6.07, 6.45) is 3.00. The summed E-state index contributed by atoms with van der Waals surface area (Å²) in [4.78, 5) is 24.3. The van der Waals surface area contributed by atoms with Crippen LogP contribution < -0.4 is 10.2 Å². The Kier molecular flexibility index (Phi) is 6.06. The summed E-state index contributed by atoms with van der Waals surface area (Å²) in [6.45, 7) is 0.481. The number of nitrogens with zero attached hydrogens (tertiary/aromatic N) is 3. The number of fused-ring (bicyclic) bond motifs is 1. The maximum absolute atomic E-state index is 13.9. The minimum atomic E-state index is -2.72. The van der Waals surface area contributed by atoms with E-state index in [-0.39, 0.29) is 24.9 Å². The van der Waals surface area contributed by atoms with Crippen molar-refractivity contribution in [1.82, 2.24) is 9.97 Å². The molecule has 0 aliphatic carbocycles. The van der Waals surface area contributed by atoms with Crippen molar-refractivity contribution in [2.24, 2.45) is 0 Å². The second-order valence-electron chi connectivity index (χ2n) is 7.54. The lowest BCUT2D eigenvalue weighted by Crippen LogP contribution is -2.29. The number of nitrogens with one attached hydrogen (secondary N) is 1.